The number of hydrogen-bond donors (Lipinski definition) is 1. The van der Waals surface area contributed by atoms with E-state index >= 15 is 0 Å². The fourth-order valence-corrected chi connectivity index (χ4v) is 2.91. The number of ether oxygens (including phenoxy) is 2. The Kier molecular flexibility index (Phi) is 4.38. The van der Waals surface area contributed by atoms with Crippen LogP contribution in [-0.4, -0.2) is 47.4 Å². The van der Waals surface area contributed by atoms with E-state index in [1.54, 1.807) is 0 Å². The summed E-state index contributed by atoms with van der Waals surface area (Å²) in [5.74, 6) is 1.33. The van der Waals surface area contributed by atoms with Crippen LogP contribution in [0.2, 0.25) is 0 Å². The SMILES string of the molecule is CC1CCCCC1Oc1nc(N)nc(N2CCOCC2)n1. The predicted molar refractivity (Wildman–Crippen MR) is 79.3 cm³/mol. The maximum absolute atomic E-state index is 5.98. The van der Waals surface area contributed by atoms with Crippen molar-refractivity contribution in [3.63, 3.8) is 0 Å². The Bertz CT molecular complexity index is 478. The molecule has 7 nitrogen and oxygen atoms in total. The number of nitrogen functional groups attached to an aromatic ring is 1. The third-order valence-electron chi connectivity index (χ3n) is 4.20. The van der Waals surface area contributed by atoms with E-state index in [1.807, 2.05) is 0 Å². The highest BCUT2D eigenvalue weighted by atomic mass is 16.5. The standard InChI is InChI=1S/C14H23N5O2/c1-10-4-2-3-5-11(10)21-14-17-12(15)16-13(18-14)19-6-8-20-9-7-19/h10-11H,2-9H2,1H3,(H2,15,16,17,18). The van der Waals surface area contributed by atoms with E-state index in [1.165, 1.54) is 19.3 Å². The molecule has 0 spiro atoms. The van der Waals surface area contributed by atoms with E-state index in [4.69, 9.17) is 15.2 Å². The number of hydrogen-bond acceptors (Lipinski definition) is 7. The molecule has 2 fully saturated rings. The lowest BCUT2D eigenvalue weighted by Gasteiger charge is -2.29. The van der Waals surface area contributed by atoms with Crippen molar-refractivity contribution in [2.24, 2.45) is 5.92 Å². The van der Waals surface area contributed by atoms with Gasteiger partial charge in [-0.1, -0.05) is 13.3 Å². The second kappa shape index (κ2) is 6.43. The predicted octanol–water partition coefficient (Wildman–Crippen LogP) is 1.25. The monoisotopic (exact) mass is 293 g/mol. The molecular formula is C14H23N5O2. The van der Waals surface area contributed by atoms with Crippen molar-refractivity contribution in [1.82, 2.24) is 15.0 Å². The van der Waals surface area contributed by atoms with E-state index in [0.717, 1.165) is 19.5 Å². The maximum Gasteiger partial charge on any atom is 0.323 e. The minimum atomic E-state index is 0.179. The Morgan fingerprint density at radius 3 is 2.67 bits per heavy atom. The largest absolute Gasteiger partial charge is 0.460 e. The Hall–Kier alpha value is -1.63. The van der Waals surface area contributed by atoms with Gasteiger partial charge in [-0.3, -0.25) is 0 Å². The van der Waals surface area contributed by atoms with E-state index in [-0.39, 0.29) is 12.1 Å². The van der Waals surface area contributed by atoms with Gasteiger partial charge in [0.2, 0.25) is 11.9 Å². The second-order valence-corrected chi connectivity index (χ2v) is 5.79. The van der Waals surface area contributed by atoms with Crippen molar-refractivity contribution in [3.8, 4) is 6.01 Å². The fraction of sp³-hybridized carbons (Fsp3) is 0.786. The molecule has 116 valence electrons. The first kappa shape index (κ1) is 14.3. The third kappa shape index (κ3) is 3.53. The molecule has 1 aromatic rings. The molecule has 1 saturated carbocycles. The molecule has 0 aromatic carbocycles. The molecule has 1 saturated heterocycles. The Labute approximate surface area is 124 Å². The molecule has 7 heteroatoms. The fourth-order valence-electron chi connectivity index (χ4n) is 2.91. The second-order valence-electron chi connectivity index (χ2n) is 5.79. The number of nitrogens with zero attached hydrogens (tertiary/aromatic N) is 4. The summed E-state index contributed by atoms with van der Waals surface area (Å²) in [6.45, 7) is 5.12. The molecule has 2 N–H and O–H groups in total. The number of nitrogens with two attached hydrogens (primary N) is 1. The van der Waals surface area contributed by atoms with E-state index in [9.17, 15) is 0 Å². The zero-order valence-corrected chi connectivity index (χ0v) is 12.5. The quantitative estimate of drug-likeness (QED) is 0.897. The molecule has 0 radical (unpaired) electrons. The molecule has 1 aromatic heterocycles. The van der Waals surface area contributed by atoms with Gasteiger partial charge in [0, 0.05) is 13.1 Å². The number of anilines is 2. The summed E-state index contributed by atoms with van der Waals surface area (Å²) < 4.78 is 11.3. The van der Waals surface area contributed by atoms with Crippen LogP contribution in [0.25, 0.3) is 0 Å². The number of rotatable bonds is 3. The van der Waals surface area contributed by atoms with Crippen LogP contribution in [0, 0.1) is 5.92 Å². The van der Waals surface area contributed by atoms with Gasteiger partial charge >= 0.3 is 6.01 Å². The van der Waals surface area contributed by atoms with Gasteiger partial charge in [0.1, 0.15) is 6.10 Å². The van der Waals surface area contributed by atoms with Gasteiger partial charge in [0.15, 0.2) is 0 Å². The van der Waals surface area contributed by atoms with Crippen LogP contribution >= 0.6 is 0 Å². The van der Waals surface area contributed by atoms with Crippen molar-refractivity contribution in [2.75, 3.05) is 36.9 Å². The summed E-state index contributed by atoms with van der Waals surface area (Å²) in [6, 6.07) is 0.350. The first-order chi connectivity index (χ1) is 10.2. The van der Waals surface area contributed by atoms with Crippen LogP contribution in [0.5, 0.6) is 6.01 Å². The molecule has 1 aliphatic carbocycles. The lowest BCUT2D eigenvalue weighted by atomic mass is 9.88. The molecule has 2 heterocycles. The smallest absolute Gasteiger partial charge is 0.323 e. The normalized spacial score (nSPS) is 26.6. The third-order valence-corrected chi connectivity index (χ3v) is 4.20. The molecule has 21 heavy (non-hydrogen) atoms. The van der Waals surface area contributed by atoms with E-state index < -0.39 is 0 Å². The van der Waals surface area contributed by atoms with Crippen molar-refractivity contribution in [1.29, 1.82) is 0 Å². The van der Waals surface area contributed by atoms with Gasteiger partial charge < -0.3 is 20.1 Å². The Morgan fingerprint density at radius 2 is 1.90 bits per heavy atom. The Morgan fingerprint density at radius 1 is 1.14 bits per heavy atom. The summed E-state index contributed by atoms with van der Waals surface area (Å²) >= 11 is 0. The first-order valence-corrected chi connectivity index (χ1v) is 7.73. The van der Waals surface area contributed by atoms with Crippen LogP contribution in [0.1, 0.15) is 32.6 Å². The van der Waals surface area contributed by atoms with Crippen molar-refractivity contribution in [2.45, 2.75) is 38.7 Å². The average molecular weight is 293 g/mol. The van der Waals surface area contributed by atoms with Crippen LogP contribution in [0.3, 0.4) is 0 Å². The average Bonchev–Trinajstić information content (AvgIpc) is 2.50. The molecule has 0 bridgehead atoms. The summed E-state index contributed by atoms with van der Waals surface area (Å²) in [4.78, 5) is 14.8. The Balaban J connectivity index is 1.73. The molecule has 1 aliphatic heterocycles. The van der Waals surface area contributed by atoms with Gasteiger partial charge in [-0.05, 0) is 25.2 Å². The number of morpholine rings is 1. The summed E-state index contributed by atoms with van der Waals surface area (Å²) in [5.41, 5.74) is 5.81. The van der Waals surface area contributed by atoms with Gasteiger partial charge in [0.25, 0.3) is 0 Å². The summed E-state index contributed by atoms with van der Waals surface area (Å²) in [6.07, 6.45) is 4.91. The van der Waals surface area contributed by atoms with Crippen LogP contribution < -0.4 is 15.4 Å². The van der Waals surface area contributed by atoms with Gasteiger partial charge in [-0.15, -0.1) is 0 Å². The summed E-state index contributed by atoms with van der Waals surface area (Å²) in [7, 11) is 0. The zero-order valence-electron chi connectivity index (χ0n) is 12.5. The van der Waals surface area contributed by atoms with Crippen LogP contribution in [0.15, 0.2) is 0 Å². The minimum Gasteiger partial charge on any atom is -0.460 e. The van der Waals surface area contributed by atoms with Crippen molar-refractivity contribution >= 4 is 11.9 Å². The van der Waals surface area contributed by atoms with E-state index in [2.05, 4.69) is 26.8 Å². The lowest BCUT2D eigenvalue weighted by molar-refractivity contribution is 0.0919. The molecule has 0 amide bonds. The molecule has 2 atom stereocenters. The molecular weight excluding hydrogens is 270 g/mol. The highest BCUT2D eigenvalue weighted by Gasteiger charge is 2.25. The number of aromatic nitrogens is 3. The topological polar surface area (TPSA) is 86.4 Å². The molecule has 3 rings (SSSR count). The minimum absolute atomic E-state index is 0.179. The van der Waals surface area contributed by atoms with Gasteiger partial charge in [0.05, 0.1) is 13.2 Å². The van der Waals surface area contributed by atoms with Gasteiger partial charge in [-0.2, -0.15) is 15.0 Å². The first-order valence-electron chi connectivity index (χ1n) is 7.73. The lowest BCUT2D eigenvalue weighted by Crippen LogP contribution is -2.37. The van der Waals surface area contributed by atoms with Crippen LogP contribution in [-0.2, 0) is 4.74 Å². The van der Waals surface area contributed by atoms with Crippen LogP contribution in [0.4, 0.5) is 11.9 Å². The summed E-state index contributed by atoms with van der Waals surface area (Å²) in [5, 5.41) is 0. The zero-order chi connectivity index (χ0) is 14.7. The van der Waals surface area contributed by atoms with Crippen molar-refractivity contribution in [3.05, 3.63) is 0 Å². The van der Waals surface area contributed by atoms with E-state index in [0.29, 0.717) is 31.1 Å². The highest BCUT2D eigenvalue weighted by Crippen LogP contribution is 2.27. The molecule has 2 aliphatic rings. The maximum atomic E-state index is 5.98. The van der Waals surface area contributed by atoms with Crippen molar-refractivity contribution < 1.29 is 9.47 Å². The molecule has 2 unspecified atom stereocenters. The highest BCUT2D eigenvalue weighted by molar-refractivity contribution is 5.36. The van der Waals surface area contributed by atoms with Gasteiger partial charge in [-0.25, -0.2) is 0 Å².